The van der Waals surface area contributed by atoms with E-state index in [9.17, 15) is 9.59 Å². The molecule has 2 aromatic rings. The molecule has 0 unspecified atom stereocenters. The largest absolute Gasteiger partial charge is 0.467 e. The molecule has 1 aromatic carbocycles. The van der Waals surface area contributed by atoms with Crippen LogP contribution in [0.1, 0.15) is 16.8 Å². The number of thioether (sulfide) groups is 1. The highest BCUT2D eigenvalue weighted by molar-refractivity contribution is 7.98. The smallest absolute Gasteiger partial charge is 0.328 e. The van der Waals surface area contributed by atoms with Gasteiger partial charge in [0.15, 0.2) is 0 Å². The van der Waals surface area contributed by atoms with Crippen LogP contribution >= 0.6 is 11.8 Å². The molecule has 0 aliphatic heterocycles. The van der Waals surface area contributed by atoms with E-state index in [2.05, 4.69) is 5.32 Å². The summed E-state index contributed by atoms with van der Waals surface area (Å²) in [5.41, 5.74) is 1.60. The van der Waals surface area contributed by atoms with Crippen molar-refractivity contribution in [1.29, 1.82) is 0 Å². The van der Waals surface area contributed by atoms with Crippen molar-refractivity contribution in [3.63, 3.8) is 0 Å². The normalized spacial score (nSPS) is 12.1. The number of esters is 1. The van der Waals surface area contributed by atoms with E-state index in [0.717, 1.165) is 16.7 Å². The van der Waals surface area contributed by atoms with Crippen LogP contribution in [0.2, 0.25) is 0 Å². The van der Waals surface area contributed by atoms with Gasteiger partial charge >= 0.3 is 5.97 Å². The van der Waals surface area contributed by atoms with Crippen molar-refractivity contribution in [1.82, 2.24) is 9.88 Å². The molecular weight excluding hydrogens is 300 g/mol. The molecule has 1 N–H and O–H groups in total. The van der Waals surface area contributed by atoms with Crippen LogP contribution in [0, 0.1) is 0 Å². The molecule has 0 fully saturated rings. The molecule has 0 spiro atoms. The van der Waals surface area contributed by atoms with Crippen LogP contribution in [0.15, 0.2) is 30.5 Å². The summed E-state index contributed by atoms with van der Waals surface area (Å²) >= 11 is 1.62. The number of aryl methyl sites for hydroxylation is 1. The number of carbonyl (C=O) groups is 2. The SMILES string of the molecule is COC(=O)[C@H](CCSC)NC(=O)c1ccc2c(ccn2C)c1. The van der Waals surface area contributed by atoms with Crippen molar-refractivity contribution >= 4 is 34.5 Å². The Labute approximate surface area is 134 Å². The van der Waals surface area contributed by atoms with Gasteiger partial charge in [0.25, 0.3) is 5.91 Å². The fourth-order valence-corrected chi connectivity index (χ4v) is 2.76. The Morgan fingerprint density at radius 1 is 1.36 bits per heavy atom. The Morgan fingerprint density at radius 2 is 2.14 bits per heavy atom. The van der Waals surface area contributed by atoms with E-state index in [4.69, 9.17) is 4.74 Å². The summed E-state index contributed by atoms with van der Waals surface area (Å²) in [4.78, 5) is 24.1. The average Bonchev–Trinajstić information content (AvgIpc) is 2.91. The molecule has 5 nitrogen and oxygen atoms in total. The lowest BCUT2D eigenvalue weighted by molar-refractivity contribution is -0.142. The van der Waals surface area contributed by atoms with Crippen molar-refractivity contribution in [3.05, 3.63) is 36.0 Å². The summed E-state index contributed by atoms with van der Waals surface area (Å²) in [7, 11) is 3.29. The first-order valence-corrected chi connectivity index (χ1v) is 8.39. The maximum Gasteiger partial charge on any atom is 0.328 e. The van der Waals surface area contributed by atoms with Crippen LogP contribution in [0.25, 0.3) is 10.9 Å². The lowest BCUT2D eigenvalue weighted by Gasteiger charge is -2.16. The number of nitrogens with one attached hydrogen (secondary N) is 1. The second-order valence-electron chi connectivity index (χ2n) is 5.03. The first-order valence-electron chi connectivity index (χ1n) is 6.99. The highest BCUT2D eigenvalue weighted by Crippen LogP contribution is 2.17. The van der Waals surface area contributed by atoms with E-state index in [0.29, 0.717) is 12.0 Å². The van der Waals surface area contributed by atoms with Gasteiger partial charge in [-0.3, -0.25) is 4.79 Å². The molecule has 2 rings (SSSR count). The number of fused-ring (bicyclic) bond motifs is 1. The quantitative estimate of drug-likeness (QED) is 0.829. The summed E-state index contributed by atoms with van der Waals surface area (Å²) in [6.45, 7) is 0. The molecule has 22 heavy (non-hydrogen) atoms. The molecule has 6 heteroatoms. The van der Waals surface area contributed by atoms with Gasteiger partial charge in [0, 0.05) is 29.7 Å². The summed E-state index contributed by atoms with van der Waals surface area (Å²) in [5, 5.41) is 3.75. The number of nitrogens with zero attached hydrogens (tertiary/aromatic N) is 1. The summed E-state index contributed by atoms with van der Waals surface area (Å²) in [6, 6.07) is 6.84. The van der Waals surface area contributed by atoms with Gasteiger partial charge < -0.3 is 14.6 Å². The molecule has 0 aliphatic rings. The number of carbonyl (C=O) groups excluding carboxylic acids is 2. The highest BCUT2D eigenvalue weighted by Gasteiger charge is 2.21. The molecule has 0 bridgehead atoms. The molecule has 0 saturated heterocycles. The van der Waals surface area contributed by atoms with Gasteiger partial charge in [0.1, 0.15) is 6.04 Å². The van der Waals surface area contributed by atoms with Crippen molar-refractivity contribution in [2.24, 2.45) is 7.05 Å². The van der Waals surface area contributed by atoms with Gasteiger partial charge in [-0.2, -0.15) is 11.8 Å². The lowest BCUT2D eigenvalue weighted by Crippen LogP contribution is -2.41. The van der Waals surface area contributed by atoms with E-state index in [1.54, 1.807) is 17.8 Å². The van der Waals surface area contributed by atoms with E-state index >= 15 is 0 Å². The third-order valence-electron chi connectivity index (χ3n) is 3.55. The van der Waals surface area contributed by atoms with E-state index in [1.165, 1.54) is 7.11 Å². The van der Waals surface area contributed by atoms with Crippen LogP contribution in [0.5, 0.6) is 0 Å². The molecule has 1 amide bonds. The number of methoxy groups -OCH3 is 1. The zero-order chi connectivity index (χ0) is 16.1. The van der Waals surface area contributed by atoms with Crippen LogP contribution in [0.4, 0.5) is 0 Å². The number of benzene rings is 1. The van der Waals surface area contributed by atoms with Crippen LogP contribution in [0.3, 0.4) is 0 Å². The lowest BCUT2D eigenvalue weighted by atomic mass is 10.1. The number of hydrogen-bond donors (Lipinski definition) is 1. The maximum atomic E-state index is 12.4. The molecule has 1 atom stereocenters. The van der Waals surface area contributed by atoms with Crippen molar-refractivity contribution < 1.29 is 14.3 Å². The predicted octanol–water partition coefficient (Wildman–Crippen LogP) is 2.20. The van der Waals surface area contributed by atoms with Gasteiger partial charge in [-0.15, -0.1) is 0 Å². The molecule has 0 aliphatic carbocycles. The first-order chi connectivity index (χ1) is 10.6. The van der Waals surface area contributed by atoms with Gasteiger partial charge in [-0.05, 0) is 42.7 Å². The third kappa shape index (κ3) is 3.62. The summed E-state index contributed by atoms with van der Waals surface area (Å²) < 4.78 is 6.75. The topological polar surface area (TPSA) is 60.3 Å². The Kier molecular flexibility index (Phi) is 5.49. The third-order valence-corrected chi connectivity index (χ3v) is 4.19. The second-order valence-corrected chi connectivity index (χ2v) is 6.02. The van der Waals surface area contributed by atoms with Crippen molar-refractivity contribution in [2.45, 2.75) is 12.5 Å². The van der Waals surface area contributed by atoms with Crippen LogP contribution in [-0.4, -0.2) is 41.6 Å². The van der Waals surface area contributed by atoms with Gasteiger partial charge in [-0.25, -0.2) is 4.79 Å². The van der Waals surface area contributed by atoms with Gasteiger partial charge in [0.05, 0.1) is 7.11 Å². The number of hydrogen-bond acceptors (Lipinski definition) is 4. The van der Waals surface area contributed by atoms with E-state index in [-0.39, 0.29) is 5.91 Å². The zero-order valence-corrected chi connectivity index (χ0v) is 13.8. The predicted molar refractivity (Wildman–Crippen MR) is 89.2 cm³/mol. The summed E-state index contributed by atoms with van der Waals surface area (Å²) in [6.07, 6.45) is 4.45. The molecule has 0 radical (unpaired) electrons. The van der Waals surface area contributed by atoms with Gasteiger partial charge in [0.2, 0.25) is 0 Å². The monoisotopic (exact) mass is 320 g/mol. The standard InChI is InChI=1S/C16H20N2O3S/c1-18-8-6-11-10-12(4-5-14(11)18)15(19)17-13(7-9-22-3)16(20)21-2/h4-6,8,10,13H,7,9H2,1-3H3,(H,17,19)/t13-/m0/s1. The average molecular weight is 320 g/mol. The van der Waals surface area contributed by atoms with Crippen LogP contribution < -0.4 is 5.32 Å². The van der Waals surface area contributed by atoms with Crippen molar-refractivity contribution in [2.75, 3.05) is 19.1 Å². The Balaban J connectivity index is 2.15. The fraction of sp³-hybridized carbons (Fsp3) is 0.375. The molecule has 0 saturated carbocycles. The molecule has 1 heterocycles. The van der Waals surface area contributed by atoms with Gasteiger partial charge in [-0.1, -0.05) is 0 Å². The minimum atomic E-state index is -0.614. The fourth-order valence-electron chi connectivity index (χ4n) is 2.29. The Hall–Kier alpha value is -1.95. The Bertz CT molecular complexity index is 681. The first kappa shape index (κ1) is 16.4. The van der Waals surface area contributed by atoms with Crippen molar-refractivity contribution in [3.8, 4) is 0 Å². The number of rotatable bonds is 6. The van der Waals surface area contributed by atoms with E-state index in [1.807, 2.05) is 42.3 Å². The molecular formula is C16H20N2O3S. The number of ether oxygens (including phenoxy) is 1. The highest BCUT2D eigenvalue weighted by atomic mass is 32.2. The minimum absolute atomic E-state index is 0.262. The molecule has 118 valence electrons. The minimum Gasteiger partial charge on any atom is -0.467 e. The molecule has 1 aromatic heterocycles. The van der Waals surface area contributed by atoms with E-state index < -0.39 is 12.0 Å². The maximum absolute atomic E-state index is 12.4. The van der Waals surface area contributed by atoms with Crippen LogP contribution in [-0.2, 0) is 16.6 Å². The number of aromatic nitrogens is 1. The Morgan fingerprint density at radius 3 is 2.82 bits per heavy atom. The second kappa shape index (κ2) is 7.35. The summed E-state index contributed by atoms with van der Waals surface area (Å²) in [5.74, 6) is 0.100. The number of amides is 1. The zero-order valence-electron chi connectivity index (χ0n) is 13.0.